The number of nitrogen functional groups attached to an aromatic ring is 1. The SMILES string of the molecule is N/N=C/c1ccc(N)nc1. The lowest BCUT2D eigenvalue weighted by molar-refractivity contribution is 1.25. The molecule has 0 aromatic carbocycles. The maximum absolute atomic E-state index is 5.34. The summed E-state index contributed by atoms with van der Waals surface area (Å²) >= 11 is 0. The van der Waals surface area contributed by atoms with Gasteiger partial charge < -0.3 is 11.6 Å². The van der Waals surface area contributed by atoms with Crippen LogP contribution in [-0.2, 0) is 0 Å². The minimum Gasteiger partial charge on any atom is -0.384 e. The number of hydrazone groups is 1. The van der Waals surface area contributed by atoms with E-state index in [9.17, 15) is 0 Å². The maximum atomic E-state index is 5.34. The summed E-state index contributed by atoms with van der Waals surface area (Å²) in [6.07, 6.45) is 3.11. The van der Waals surface area contributed by atoms with Crippen LogP contribution in [0, 0.1) is 0 Å². The van der Waals surface area contributed by atoms with Gasteiger partial charge in [-0.2, -0.15) is 5.10 Å². The highest BCUT2D eigenvalue weighted by molar-refractivity contribution is 5.78. The van der Waals surface area contributed by atoms with Gasteiger partial charge in [0.1, 0.15) is 5.82 Å². The molecule has 0 aliphatic rings. The van der Waals surface area contributed by atoms with E-state index in [0.717, 1.165) is 5.56 Å². The predicted molar refractivity (Wildman–Crippen MR) is 40.4 cm³/mol. The van der Waals surface area contributed by atoms with Crippen molar-refractivity contribution in [1.82, 2.24) is 4.98 Å². The Balaban J connectivity index is 2.89. The molecule has 0 aliphatic heterocycles. The van der Waals surface area contributed by atoms with Crippen LogP contribution in [0.1, 0.15) is 5.56 Å². The highest BCUT2D eigenvalue weighted by Gasteiger charge is 1.86. The fraction of sp³-hybridized carbons (Fsp3) is 0. The van der Waals surface area contributed by atoms with Crippen LogP contribution in [0.5, 0.6) is 0 Å². The van der Waals surface area contributed by atoms with E-state index >= 15 is 0 Å². The second-order valence-corrected chi connectivity index (χ2v) is 1.79. The first-order chi connectivity index (χ1) is 4.83. The molecule has 1 aromatic heterocycles. The van der Waals surface area contributed by atoms with Gasteiger partial charge in [-0.25, -0.2) is 4.98 Å². The molecular formula is C6H8N4. The summed E-state index contributed by atoms with van der Waals surface area (Å²) in [7, 11) is 0. The first-order valence-electron chi connectivity index (χ1n) is 2.77. The van der Waals surface area contributed by atoms with E-state index in [2.05, 4.69) is 10.1 Å². The van der Waals surface area contributed by atoms with Crippen molar-refractivity contribution in [3.8, 4) is 0 Å². The number of nitrogens with zero attached hydrogens (tertiary/aromatic N) is 2. The van der Waals surface area contributed by atoms with Crippen LogP contribution in [0.4, 0.5) is 5.82 Å². The number of hydrogen-bond donors (Lipinski definition) is 2. The van der Waals surface area contributed by atoms with Gasteiger partial charge in [0.25, 0.3) is 0 Å². The molecule has 4 heteroatoms. The van der Waals surface area contributed by atoms with E-state index in [1.807, 2.05) is 0 Å². The summed E-state index contributed by atoms with van der Waals surface area (Å²) in [5, 5.41) is 3.33. The predicted octanol–water partition coefficient (Wildman–Crippen LogP) is -0.0436. The second kappa shape index (κ2) is 2.82. The molecule has 0 saturated carbocycles. The topological polar surface area (TPSA) is 77.3 Å². The molecule has 0 amide bonds. The van der Waals surface area contributed by atoms with Crippen molar-refractivity contribution < 1.29 is 0 Å². The van der Waals surface area contributed by atoms with Gasteiger partial charge in [-0.1, -0.05) is 0 Å². The number of aromatic nitrogens is 1. The van der Waals surface area contributed by atoms with Crippen LogP contribution in [0.3, 0.4) is 0 Å². The molecule has 0 bridgehead atoms. The third kappa shape index (κ3) is 1.45. The Labute approximate surface area is 58.6 Å². The van der Waals surface area contributed by atoms with E-state index in [-0.39, 0.29) is 0 Å². The third-order valence-electron chi connectivity index (χ3n) is 1.03. The minimum atomic E-state index is 0.495. The van der Waals surface area contributed by atoms with E-state index < -0.39 is 0 Å². The van der Waals surface area contributed by atoms with Gasteiger partial charge in [0.2, 0.25) is 0 Å². The third-order valence-corrected chi connectivity index (χ3v) is 1.03. The average Bonchev–Trinajstić information content (AvgIpc) is 1.95. The Bertz CT molecular complexity index is 226. The van der Waals surface area contributed by atoms with Gasteiger partial charge in [-0.15, -0.1) is 0 Å². The molecule has 4 N–H and O–H groups in total. The number of pyridine rings is 1. The minimum absolute atomic E-state index is 0.495. The van der Waals surface area contributed by atoms with Crippen molar-refractivity contribution in [2.45, 2.75) is 0 Å². The highest BCUT2D eigenvalue weighted by atomic mass is 15.1. The van der Waals surface area contributed by atoms with Crippen molar-refractivity contribution in [3.63, 3.8) is 0 Å². The fourth-order valence-corrected chi connectivity index (χ4v) is 0.579. The Hall–Kier alpha value is -1.58. The summed E-state index contributed by atoms with van der Waals surface area (Å²) in [4.78, 5) is 3.83. The second-order valence-electron chi connectivity index (χ2n) is 1.79. The zero-order valence-electron chi connectivity index (χ0n) is 5.36. The van der Waals surface area contributed by atoms with Gasteiger partial charge in [0.05, 0.1) is 6.21 Å². The van der Waals surface area contributed by atoms with E-state index in [4.69, 9.17) is 11.6 Å². The Morgan fingerprint density at radius 1 is 1.50 bits per heavy atom. The zero-order chi connectivity index (χ0) is 7.40. The maximum Gasteiger partial charge on any atom is 0.123 e. The Kier molecular flexibility index (Phi) is 1.84. The monoisotopic (exact) mass is 136 g/mol. The van der Waals surface area contributed by atoms with Crippen molar-refractivity contribution in [2.75, 3.05) is 5.73 Å². The Morgan fingerprint density at radius 3 is 2.80 bits per heavy atom. The molecule has 0 radical (unpaired) electrons. The number of hydrogen-bond acceptors (Lipinski definition) is 4. The standard InChI is InChI=1S/C6H8N4/c7-6-2-1-5(3-9-6)4-10-8/h1-4H,8H2,(H2,7,9)/b10-4+. The first kappa shape index (κ1) is 6.54. The molecule has 0 atom stereocenters. The molecule has 52 valence electrons. The molecule has 0 saturated heterocycles. The van der Waals surface area contributed by atoms with Crippen molar-refractivity contribution in [1.29, 1.82) is 0 Å². The van der Waals surface area contributed by atoms with Gasteiger partial charge in [0.15, 0.2) is 0 Å². The van der Waals surface area contributed by atoms with Crippen LogP contribution in [-0.4, -0.2) is 11.2 Å². The van der Waals surface area contributed by atoms with E-state index in [0.29, 0.717) is 5.82 Å². The molecule has 0 fully saturated rings. The number of anilines is 1. The lowest BCUT2D eigenvalue weighted by Crippen LogP contribution is -1.91. The highest BCUT2D eigenvalue weighted by Crippen LogP contribution is 1.97. The van der Waals surface area contributed by atoms with Crippen LogP contribution >= 0.6 is 0 Å². The lowest BCUT2D eigenvalue weighted by Gasteiger charge is -1.90. The van der Waals surface area contributed by atoms with Crippen molar-refractivity contribution in [2.24, 2.45) is 10.9 Å². The van der Waals surface area contributed by atoms with Gasteiger partial charge in [-0.3, -0.25) is 0 Å². The van der Waals surface area contributed by atoms with Crippen LogP contribution < -0.4 is 11.6 Å². The Morgan fingerprint density at radius 2 is 2.30 bits per heavy atom. The molecule has 4 nitrogen and oxygen atoms in total. The molecule has 1 rings (SSSR count). The molecule has 0 unspecified atom stereocenters. The number of nitrogens with two attached hydrogens (primary N) is 2. The van der Waals surface area contributed by atoms with Gasteiger partial charge in [0, 0.05) is 11.8 Å². The van der Waals surface area contributed by atoms with E-state index in [1.54, 1.807) is 18.3 Å². The number of rotatable bonds is 1. The summed E-state index contributed by atoms with van der Waals surface area (Å²) in [5.74, 6) is 5.40. The molecule has 0 spiro atoms. The smallest absolute Gasteiger partial charge is 0.123 e. The van der Waals surface area contributed by atoms with Gasteiger partial charge in [-0.05, 0) is 12.1 Å². The first-order valence-corrected chi connectivity index (χ1v) is 2.77. The fourth-order valence-electron chi connectivity index (χ4n) is 0.579. The van der Waals surface area contributed by atoms with Crippen molar-refractivity contribution in [3.05, 3.63) is 23.9 Å². The van der Waals surface area contributed by atoms with Crippen LogP contribution in [0.25, 0.3) is 0 Å². The average molecular weight is 136 g/mol. The van der Waals surface area contributed by atoms with Gasteiger partial charge >= 0.3 is 0 Å². The van der Waals surface area contributed by atoms with Crippen molar-refractivity contribution >= 4 is 12.0 Å². The molecule has 0 aliphatic carbocycles. The van der Waals surface area contributed by atoms with E-state index in [1.165, 1.54) is 6.21 Å². The van der Waals surface area contributed by atoms with Crippen LogP contribution in [0.2, 0.25) is 0 Å². The lowest BCUT2D eigenvalue weighted by atomic mass is 10.3. The quantitative estimate of drug-likeness (QED) is 0.323. The summed E-state index contributed by atoms with van der Waals surface area (Å²) in [6, 6.07) is 3.48. The molecule has 10 heavy (non-hydrogen) atoms. The molecular weight excluding hydrogens is 128 g/mol. The summed E-state index contributed by atoms with van der Waals surface area (Å²) in [5.41, 5.74) is 6.18. The summed E-state index contributed by atoms with van der Waals surface area (Å²) < 4.78 is 0. The largest absolute Gasteiger partial charge is 0.384 e. The zero-order valence-corrected chi connectivity index (χ0v) is 5.36. The molecule has 1 heterocycles. The summed E-state index contributed by atoms with van der Waals surface area (Å²) in [6.45, 7) is 0. The molecule has 1 aromatic rings. The normalized spacial score (nSPS) is 10.4. The van der Waals surface area contributed by atoms with Crippen LogP contribution in [0.15, 0.2) is 23.4 Å².